The number of aliphatic imine (C=N–C) groups is 1. The molecule has 1 amide bonds. The van der Waals surface area contributed by atoms with E-state index in [0.29, 0.717) is 22.7 Å². The highest BCUT2D eigenvalue weighted by molar-refractivity contribution is 6.04. The molecule has 0 spiro atoms. The fraction of sp³-hybridized carbons (Fsp3) is 0.333. The van der Waals surface area contributed by atoms with Crippen molar-refractivity contribution in [3.05, 3.63) is 35.7 Å². The van der Waals surface area contributed by atoms with Gasteiger partial charge in [0.1, 0.15) is 5.84 Å². The molecule has 5 heteroatoms. The summed E-state index contributed by atoms with van der Waals surface area (Å²) in [5.74, 6) is 0.0996. The van der Waals surface area contributed by atoms with Crippen LogP contribution in [0.25, 0.3) is 0 Å². The molecule has 4 N–H and O–H groups in total. The number of nitrogens with two attached hydrogens (primary N) is 1. The van der Waals surface area contributed by atoms with Crippen LogP contribution in [0.1, 0.15) is 13.8 Å². The van der Waals surface area contributed by atoms with Gasteiger partial charge in [-0.25, -0.2) is 4.99 Å². The molecule has 0 saturated heterocycles. The van der Waals surface area contributed by atoms with Crippen LogP contribution in [0, 0.1) is 0 Å². The van der Waals surface area contributed by atoms with Gasteiger partial charge < -0.3 is 16.4 Å². The van der Waals surface area contributed by atoms with Gasteiger partial charge in [0, 0.05) is 30.6 Å². The zero-order valence-corrected chi connectivity index (χ0v) is 10.4. The number of carbonyl (C=O) groups is 1. The van der Waals surface area contributed by atoms with Gasteiger partial charge in [-0.1, -0.05) is 6.58 Å². The first-order valence-corrected chi connectivity index (χ1v) is 5.39. The molecule has 1 rings (SSSR count). The summed E-state index contributed by atoms with van der Waals surface area (Å²) in [6.07, 6.45) is 3.21. The van der Waals surface area contributed by atoms with Gasteiger partial charge in [0.25, 0.3) is 5.91 Å². The SMILES string of the molecule is C=C1C=C(NC(C)C)C(C(N)=O)=CN=C1NC. The molecule has 1 aliphatic heterocycles. The van der Waals surface area contributed by atoms with Crippen LogP contribution in [-0.2, 0) is 4.79 Å². The van der Waals surface area contributed by atoms with Crippen molar-refractivity contribution in [3.63, 3.8) is 0 Å². The second-order valence-electron chi connectivity index (χ2n) is 4.02. The molecule has 0 unspecified atom stereocenters. The number of nitrogens with one attached hydrogen (secondary N) is 2. The summed E-state index contributed by atoms with van der Waals surface area (Å²) in [6, 6.07) is 0.188. The Morgan fingerprint density at radius 2 is 2.18 bits per heavy atom. The Bertz CT molecular complexity index is 430. The maximum Gasteiger partial charge on any atom is 0.252 e. The maximum atomic E-state index is 11.4. The number of amidine groups is 1. The standard InChI is InChI=1S/C12H18N4O/c1-7(2)16-10-5-8(3)12(14-4)15-6-9(10)11(13)17/h5-7,16H,3H2,1-2,4H3,(H2,13,17)(H,14,15). The molecule has 0 aromatic heterocycles. The molecule has 0 fully saturated rings. The molecule has 0 bridgehead atoms. The largest absolute Gasteiger partial charge is 0.382 e. The molecular formula is C12H18N4O. The van der Waals surface area contributed by atoms with E-state index in [1.165, 1.54) is 6.20 Å². The van der Waals surface area contributed by atoms with Crippen LogP contribution < -0.4 is 16.4 Å². The lowest BCUT2D eigenvalue weighted by molar-refractivity contribution is -0.114. The average molecular weight is 234 g/mol. The second-order valence-corrected chi connectivity index (χ2v) is 4.02. The minimum Gasteiger partial charge on any atom is -0.382 e. The highest BCUT2D eigenvalue weighted by Gasteiger charge is 2.16. The van der Waals surface area contributed by atoms with Gasteiger partial charge in [0.15, 0.2) is 0 Å². The first-order valence-electron chi connectivity index (χ1n) is 5.39. The Hall–Kier alpha value is -2.04. The molecule has 1 aliphatic rings. The molecule has 0 aromatic carbocycles. The van der Waals surface area contributed by atoms with Gasteiger partial charge in [-0.05, 0) is 19.9 Å². The van der Waals surface area contributed by atoms with E-state index in [9.17, 15) is 4.79 Å². The van der Waals surface area contributed by atoms with E-state index < -0.39 is 5.91 Å². The topological polar surface area (TPSA) is 79.5 Å². The molecule has 1 heterocycles. The van der Waals surface area contributed by atoms with E-state index in [1.807, 2.05) is 13.8 Å². The van der Waals surface area contributed by atoms with E-state index >= 15 is 0 Å². The van der Waals surface area contributed by atoms with Crippen molar-refractivity contribution in [2.45, 2.75) is 19.9 Å². The third-order valence-corrected chi connectivity index (χ3v) is 2.18. The van der Waals surface area contributed by atoms with Crippen LogP contribution >= 0.6 is 0 Å². The molecule has 92 valence electrons. The average Bonchev–Trinajstić information content (AvgIpc) is 2.36. The van der Waals surface area contributed by atoms with E-state index in [1.54, 1.807) is 13.1 Å². The fourth-order valence-corrected chi connectivity index (χ4v) is 1.45. The minimum absolute atomic E-state index is 0.188. The quantitative estimate of drug-likeness (QED) is 0.662. The summed E-state index contributed by atoms with van der Waals surface area (Å²) in [6.45, 7) is 7.84. The number of primary amides is 1. The highest BCUT2D eigenvalue weighted by Crippen LogP contribution is 2.15. The zero-order chi connectivity index (χ0) is 13.0. The molecule has 0 radical (unpaired) electrons. The smallest absolute Gasteiger partial charge is 0.252 e. The van der Waals surface area contributed by atoms with Gasteiger partial charge in [0.2, 0.25) is 0 Å². The number of nitrogens with zero attached hydrogens (tertiary/aromatic N) is 1. The van der Waals surface area contributed by atoms with Crippen LogP contribution in [0.4, 0.5) is 0 Å². The summed E-state index contributed by atoms with van der Waals surface area (Å²) in [7, 11) is 1.75. The molecule has 0 aromatic rings. The fourth-order valence-electron chi connectivity index (χ4n) is 1.45. The van der Waals surface area contributed by atoms with Gasteiger partial charge in [-0.2, -0.15) is 0 Å². The van der Waals surface area contributed by atoms with Crippen LogP contribution in [0.2, 0.25) is 0 Å². The number of amides is 1. The van der Waals surface area contributed by atoms with E-state index in [2.05, 4.69) is 22.2 Å². The van der Waals surface area contributed by atoms with Crippen LogP contribution in [0.3, 0.4) is 0 Å². The van der Waals surface area contributed by atoms with Crippen molar-refractivity contribution >= 4 is 11.7 Å². The van der Waals surface area contributed by atoms with Crippen molar-refractivity contribution in [2.24, 2.45) is 10.7 Å². The Morgan fingerprint density at radius 3 is 2.65 bits per heavy atom. The first kappa shape index (κ1) is 13.0. The molecular weight excluding hydrogens is 216 g/mol. The van der Waals surface area contributed by atoms with Gasteiger partial charge in [0.05, 0.1) is 5.57 Å². The molecule has 5 nitrogen and oxygen atoms in total. The van der Waals surface area contributed by atoms with Crippen LogP contribution in [-0.4, -0.2) is 24.8 Å². The van der Waals surface area contributed by atoms with Crippen molar-refractivity contribution in [3.8, 4) is 0 Å². The Kier molecular flexibility index (Phi) is 4.09. The van der Waals surface area contributed by atoms with E-state index in [4.69, 9.17) is 5.73 Å². The van der Waals surface area contributed by atoms with Crippen molar-refractivity contribution in [2.75, 3.05) is 7.05 Å². The summed E-state index contributed by atoms with van der Waals surface area (Å²) in [5, 5.41) is 6.07. The van der Waals surface area contributed by atoms with Crippen molar-refractivity contribution in [1.29, 1.82) is 0 Å². The number of hydrogen-bond donors (Lipinski definition) is 3. The third kappa shape index (κ3) is 3.21. The molecule has 0 atom stereocenters. The lowest BCUT2D eigenvalue weighted by atomic mass is 10.1. The summed E-state index contributed by atoms with van der Waals surface area (Å²) in [5.41, 5.74) is 7.02. The normalized spacial score (nSPS) is 15.8. The molecule has 17 heavy (non-hydrogen) atoms. The summed E-state index contributed by atoms with van der Waals surface area (Å²) in [4.78, 5) is 15.5. The highest BCUT2D eigenvalue weighted by atomic mass is 16.1. The lowest BCUT2D eigenvalue weighted by Gasteiger charge is -2.14. The van der Waals surface area contributed by atoms with E-state index in [0.717, 1.165) is 0 Å². The first-order chi connectivity index (χ1) is 7.95. The monoisotopic (exact) mass is 234 g/mol. The van der Waals surface area contributed by atoms with Crippen molar-refractivity contribution in [1.82, 2.24) is 10.6 Å². The van der Waals surface area contributed by atoms with Crippen molar-refractivity contribution < 1.29 is 4.79 Å². The predicted molar refractivity (Wildman–Crippen MR) is 69.3 cm³/mol. The second kappa shape index (κ2) is 5.34. The van der Waals surface area contributed by atoms with Crippen LogP contribution in [0.5, 0.6) is 0 Å². The summed E-state index contributed by atoms with van der Waals surface area (Å²) < 4.78 is 0. The van der Waals surface area contributed by atoms with E-state index in [-0.39, 0.29) is 6.04 Å². The number of rotatable bonds is 3. The maximum absolute atomic E-state index is 11.4. The van der Waals surface area contributed by atoms with Gasteiger partial charge in [-0.15, -0.1) is 0 Å². The number of hydrogen-bond acceptors (Lipinski definition) is 4. The molecule has 0 aliphatic carbocycles. The zero-order valence-electron chi connectivity index (χ0n) is 10.4. The Balaban J connectivity index is 3.17. The Morgan fingerprint density at radius 1 is 1.53 bits per heavy atom. The third-order valence-electron chi connectivity index (χ3n) is 2.18. The van der Waals surface area contributed by atoms with Crippen LogP contribution in [0.15, 0.2) is 40.7 Å². The number of likely N-dealkylation sites (N-methyl/N-ethyl adjacent to an activating group) is 1. The summed E-state index contributed by atoms with van der Waals surface area (Å²) >= 11 is 0. The predicted octanol–water partition coefficient (Wildman–Crippen LogP) is 0.425. The minimum atomic E-state index is -0.515. The number of carbonyl (C=O) groups excluding carboxylic acids is 1. The lowest BCUT2D eigenvalue weighted by Crippen LogP contribution is -2.28. The van der Waals surface area contributed by atoms with Gasteiger partial charge >= 0.3 is 0 Å². The molecule has 0 saturated carbocycles. The van der Waals surface area contributed by atoms with Gasteiger partial charge in [-0.3, -0.25) is 4.79 Å². The Labute approximate surface area is 101 Å².